The molecule has 4 heteroatoms. The van der Waals surface area contributed by atoms with E-state index in [1.807, 2.05) is 31.2 Å². The second-order valence-corrected chi connectivity index (χ2v) is 5.17. The highest BCUT2D eigenvalue weighted by Crippen LogP contribution is 2.36. The molecule has 0 aliphatic carbocycles. The summed E-state index contributed by atoms with van der Waals surface area (Å²) in [4.78, 5) is 12.8. The first-order valence-electron chi connectivity index (χ1n) is 7.18. The minimum Gasteiger partial charge on any atom is -0.492 e. The number of ketones is 1. The molecule has 0 spiro atoms. The molecule has 2 rings (SSSR count). The quantitative estimate of drug-likeness (QED) is 0.656. The number of carbonyl (C=O) groups excluding carboxylic acids is 1. The van der Waals surface area contributed by atoms with Crippen molar-refractivity contribution in [1.29, 1.82) is 0 Å². The smallest absolute Gasteiger partial charge is 0.196 e. The number of methoxy groups -OCH3 is 2. The van der Waals surface area contributed by atoms with Crippen LogP contribution in [0.2, 0.25) is 0 Å². The number of carbonyl (C=O) groups is 1. The SMILES string of the molecule is C=C(C(=O)c1ccc(CO)c(OC)c1OC)c1ccc(C)cc1. The van der Waals surface area contributed by atoms with Crippen LogP contribution in [-0.2, 0) is 6.61 Å². The molecule has 0 amide bonds. The second-order valence-electron chi connectivity index (χ2n) is 5.17. The Morgan fingerprint density at radius 3 is 2.17 bits per heavy atom. The summed E-state index contributed by atoms with van der Waals surface area (Å²) >= 11 is 0. The molecule has 0 saturated carbocycles. The first-order chi connectivity index (χ1) is 11.0. The van der Waals surface area contributed by atoms with Gasteiger partial charge >= 0.3 is 0 Å². The Bertz CT molecular complexity index is 730. The van der Waals surface area contributed by atoms with E-state index in [9.17, 15) is 9.90 Å². The van der Waals surface area contributed by atoms with E-state index in [0.29, 0.717) is 28.2 Å². The van der Waals surface area contributed by atoms with E-state index in [-0.39, 0.29) is 12.4 Å². The van der Waals surface area contributed by atoms with Crippen molar-refractivity contribution >= 4 is 11.4 Å². The predicted molar refractivity (Wildman–Crippen MR) is 90.0 cm³/mol. The molecule has 0 aliphatic heterocycles. The molecule has 0 fully saturated rings. The largest absolute Gasteiger partial charge is 0.492 e. The van der Waals surface area contributed by atoms with Crippen LogP contribution in [0.5, 0.6) is 11.5 Å². The van der Waals surface area contributed by atoms with Crippen molar-refractivity contribution in [1.82, 2.24) is 0 Å². The van der Waals surface area contributed by atoms with Gasteiger partial charge in [0.2, 0.25) is 0 Å². The average Bonchev–Trinajstić information content (AvgIpc) is 2.59. The highest BCUT2D eigenvalue weighted by Gasteiger charge is 2.22. The number of benzene rings is 2. The fraction of sp³-hybridized carbons (Fsp3) is 0.211. The van der Waals surface area contributed by atoms with Crippen LogP contribution < -0.4 is 9.47 Å². The van der Waals surface area contributed by atoms with Gasteiger partial charge in [-0.25, -0.2) is 0 Å². The fourth-order valence-corrected chi connectivity index (χ4v) is 2.38. The van der Waals surface area contributed by atoms with E-state index in [2.05, 4.69) is 6.58 Å². The lowest BCUT2D eigenvalue weighted by Gasteiger charge is -2.15. The molecule has 0 bridgehead atoms. The molecule has 0 saturated heterocycles. The third kappa shape index (κ3) is 3.27. The minimum atomic E-state index is -0.242. The van der Waals surface area contributed by atoms with Crippen LogP contribution in [0.25, 0.3) is 5.57 Å². The molecule has 1 N–H and O–H groups in total. The molecule has 120 valence electrons. The Labute approximate surface area is 136 Å². The summed E-state index contributed by atoms with van der Waals surface area (Å²) in [5, 5.41) is 9.37. The standard InChI is InChI=1S/C19H20O4/c1-12-5-7-14(8-6-12)13(2)17(21)16-10-9-15(11-20)18(22-3)19(16)23-4/h5-10,20H,2,11H2,1,3-4H3. The Kier molecular flexibility index (Phi) is 5.19. The monoisotopic (exact) mass is 312 g/mol. The summed E-state index contributed by atoms with van der Waals surface area (Å²) in [5.74, 6) is 0.420. The zero-order valence-corrected chi connectivity index (χ0v) is 13.6. The number of hydrogen-bond acceptors (Lipinski definition) is 4. The van der Waals surface area contributed by atoms with Gasteiger partial charge in [-0.1, -0.05) is 42.5 Å². The van der Waals surface area contributed by atoms with E-state index >= 15 is 0 Å². The molecule has 0 aromatic heterocycles. The van der Waals surface area contributed by atoms with Crippen molar-refractivity contribution in [3.05, 3.63) is 65.2 Å². The van der Waals surface area contributed by atoms with Gasteiger partial charge in [0, 0.05) is 11.1 Å². The van der Waals surface area contributed by atoms with Crippen LogP contribution in [-0.4, -0.2) is 25.1 Å². The molecule has 0 unspecified atom stereocenters. The van der Waals surface area contributed by atoms with Gasteiger partial charge in [0.25, 0.3) is 0 Å². The van der Waals surface area contributed by atoms with Crippen LogP contribution in [0.4, 0.5) is 0 Å². The highest BCUT2D eigenvalue weighted by atomic mass is 16.5. The number of allylic oxidation sites excluding steroid dienone is 1. The van der Waals surface area contributed by atoms with Crippen molar-refractivity contribution < 1.29 is 19.4 Å². The molecule has 0 radical (unpaired) electrons. The van der Waals surface area contributed by atoms with Gasteiger partial charge in [-0.2, -0.15) is 0 Å². The van der Waals surface area contributed by atoms with Crippen LogP contribution in [0.3, 0.4) is 0 Å². The third-order valence-electron chi connectivity index (χ3n) is 3.69. The number of aryl methyl sites for hydroxylation is 1. The van der Waals surface area contributed by atoms with Gasteiger partial charge in [-0.05, 0) is 18.6 Å². The number of aliphatic hydroxyl groups excluding tert-OH is 1. The van der Waals surface area contributed by atoms with E-state index in [4.69, 9.17) is 9.47 Å². The summed E-state index contributed by atoms with van der Waals surface area (Å²) < 4.78 is 10.6. The Morgan fingerprint density at radius 2 is 1.65 bits per heavy atom. The van der Waals surface area contributed by atoms with Gasteiger partial charge in [-0.3, -0.25) is 4.79 Å². The Hall–Kier alpha value is -2.59. The van der Waals surface area contributed by atoms with Gasteiger partial charge in [0.15, 0.2) is 17.3 Å². The lowest BCUT2D eigenvalue weighted by Crippen LogP contribution is -2.07. The topological polar surface area (TPSA) is 55.8 Å². The normalized spacial score (nSPS) is 10.3. The summed E-state index contributed by atoms with van der Waals surface area (Å²) in [5.41, 5.74) is 3.16. The zero-order valence-electron chi connectivity index (χ0n) is 13.6. The fourth-order valence-electron chi connectivity index (χ4n) is 2.38. The molecule has 23 heavy (non-hydrogen) atoms. The molecular weight excluding hydrogens is 292 g/mol. The number of Topliss-reactive ketones (excluding diaryl/α,β-unsaturated/α-hetero) is 1. The van der Waals surface area contributed by atoms with E-state index in [0.717, 1.165) is 11.1 Å². The third-order valence-corrected chi connectivity index (χ3v) is 3.69. The first kappa shape index (κ1) is 16.8. The number of hydrogen-bond donors (Lipinski definition) is 1. The van der Waals surface area contributed by atoms with Crippen LogP contribution >= 0.6 is 0 Å². The second kappa shape index (κ2) is 7.11. The van der Waals surface area contributed by atoms with E-state index in [1.165, 1.54) is 14.2 Å². The summed E-state index contributed by atoms with van der Waals surface area (Å²) in [6, 6.07) is 10.9. The van der Waals surface area contributed by atoms with Crippen LogP contribution in [0.1, 0.15) is 27.0 Å². The van der Waals surface area contributed by atoms with Crippen molar-refractivity contribution in [2.24, 2.45) is 0 Å². The van der Waals surface area contributed by atoms with Crippen LogP contribution in [0, 0.1) is 6.92 Å². The van der Waals surface area contributed by atoms with E-state index in [1.54, 1.807) is 12.1 Å². The van der Waals surface area contributed by atoms with E-state index < -0.39 is 0 Å². The lowest BCUT2D eigenvalue weighted by molar-refractivity contribution is 0.105. The van der Waals surface area contributed by atoms with Gasteiger partial charge in [0.05, 0.1) is 26.4 Å². The zero-order chi connectivity index (χ0) is 17.0. The predicted octanol–water partition coefficient (Wildman–Crippen LogP) is 3.40. The number of rotatable bonds is 6. The highest BCUT2D eigenvalue weighted by molar-refractivity contribution is 6.29. The molecule has 0 heterocycles. The molecule has 2 aromatic rings. The summed E-state index contributed by atoms with van der Waals surface area (Å²) in [6.45, 7) is 5.69. The Balaban J connectivity index is 2.46. The molecular formula is C19H20O4. The minimum absolute atomic E-state index is 0.201. The first-order valence-corrected chi connectivity index (χ1v) is 7.18. The molecule has 0 atom stereocenters. The van der Waals surface area contributed by atoms with Gasteiger partial charge in [-0.15, -0.1) is 0 Å². The summed E-state index contributed by atoms with van der Waals surface area (Å²) in [7, 11) is 2.94. The van der Waals surface area contributed by atoms with Crippen molar-refractivity contribution in [2.45, 2.75) is 13.5 Å². The van der Waals surface area contributed by atoms with Crippen LogP contribution in [0.15, 0.2) is 43.0 Å². The van der Waals surface area contributed by atoms with Gasteiger partial charge < -0.3 is 14.6 Å². The molecule has 4 nitrogen and oxygen atoms in total. The van der Waals surface area contributed by atoms with Crippen molar-refractivity contribution in [2.75, 3.05) is 14.2 Å². The maximum atomic E-state index is 12.8. The van der Waals surface area contributed by atoms with Crippen molar-refractivity contribution in [3.8, 4) is 11.5 Å². The van der Waals surface area contributed by atoms with Crippen molar-refractivity contribution in [3.63, 3.8) is 0 Å². The maximum absolute atomic E-state index is 12.8. The lowest BCUT2D eigenvalue weighted by atomic mass is 9.95. The number of aliphatic hydroxyl groups is 1. The molecule has 0 aliphatic rings. The summed E-state index contributed by atoms with van der Waals surface area (Å²) in [6.07, 6.45) is 0. The van der Waals surface area contributed by atoms with Gasteiger partial charge in [0.1, 0.15) is 0 Å². The maximum Gasteiger partial charge on any atom is 0.196 e. The number of ether oxygens (including phenoxy) is 2. The molecule has 2 aromatic carbocycles. The average molecular weight is 312 g/mol. The Morgan fingerprint density at radius 1 is 1.04 bits per heavy atom.